The largest absolute Gasteiger partial charge is 0.493 e. The Kier molecular flexibility index (Phi) is 7.02. The second-order valence-electron chi connectivity index (χ2n) is 10.4. The zero-order chi connectivity index (χ0) is 23.6. The van der Waals surface area contributed by atoms with Crippen molar-refractivity contribution in [3.05, 3.63) is 18.2 Å². The molecule has 2 aliphatic rings. The van der Waals surface area contributed by atoms with Crippen molar-refractivity contribution in [3.8, 4) is 5.75 Å². The summed E-state index contributed by atoms with van der Waals surface area (Å²) in [4.78, 5) is 19.9. The number of hydrogen-bond acceptors (Lipinski definition) is 6. The highest BCUT2D eigenvalue weighted by Gasteiger charge is 2.32. The number of anilines is 1. The highest BCUT2D eigenvalue weighted by atomic mass is 16.5. The molecular formula is C25H37N3O5. The van der Waals surface area contributed by atoms with Crippen molar-refractivity contribution in [2.24, 2.45) is 5.92 Å². The average Bonchev–Trinajstić information content (AvgIpc) is 3.47. The van der Waals surface area contributed by atoms with Gasteiger partial charge in [0.15, 0.2) is 5.58 Å². The first-order chi connectivity index (χ1) is 15.7. The van der Waals surface area contributed by atoms with E-state index in [1.165, 1.54) is 17.7 Å². The molecule has 1 aromatic carbocycles. The number of hydrogen-bond donors (Lipinski definition) is 1. The van der Waals surface area contributed by atoms with Gasteiger partial charge in [0.2, 0.25) is 0 Å². The lowest BCUT2D eigenvalue weighted by molar-refractivity contribution is -0.0142. The molecule has 0 radical (unpaired) electrons. The third kappa shape index (κ3) is 6.10. The van der Waals surface area contributed by atoms with Crippen LogP contribution in [0.15, 0.2) is 22.6 Å². The third-order valence-electron chi connectivity index (χ3n) is 6.50. The number of aromatic nitrogens is 1. The molecule has 8 nitrogen and oxygen atoms in total. The Bertz CT molecular complexity index is 941. The van der Waals surface area contributed by atoms with Crippen molar-refractivity contribution < 1.29 is 23.8 Å². The molecule has 8 heteroatoms. The van der Waals surface area contributed by atoms with E-state index in [0.29, 0.717) is 12.6 Å². The molecule has 1 N–H and O–H groups in total. The molecule has 0 bridgehead atoms. The smallest absolute Gasteiger partial charge is 0.408 e. The number of amides is 1. The number of fused-ring (bicyclic) bond motifs is 1. The van der Waals surface area contributed by atoms with Crippen molar-refractivity contribution in [1.82, 2.24) is 9.88 Å². The maximum absolute atomic E-state index is 11.7. The maximum Gasteiger partial charge on any atom is 0.408 e. The van der Waals surface area contributed by atoms with Crippen LogP contribution in [0.1, 0.15) is 59.8 Å². The SMILES string of the molecule is C[C@@H](COC1CCN(c2nc3ccc(OCCC4CC4)cc3o2)CC1)N(C(=O)O)C(C)(C)C. The molecule has 0 spiro atoms. The van der Waals surface area contributed by atoms with Crippen LogP contribution in [0.2, 0.25) is 0 Å². The fourth-order valence-electron chi connectivity index (χ4n) is 4.57. The molecule has 0 unspecified atom stereocenters. The van der Waals surface area contributed by atoms with Gasteiger partial charge in [0.25, 0.3) is 6.01 Å². The summed E-state index contributed by atoms with van der Waals surface area (Å²) < 4.78 is 18.0. The van der Waals surface area contributed by atoms with Gasteiger partial charge in [0.05, 0.1) is 25.4 Å². The van der Waals surface area contributed by atoms with Crippen LogP contribution >= 0.6 is 0 Å². The van der Waals surface area contributed by atoms with Gasteiger partial charge < -0.3 is 23.9 Å². The summed E-state index contributed by atoms with van der Waals surface area (Å²) in [6.45, 7) is 10.3. The first-order valence-corrected chi connectivity index (χ1v) is 12.1. The molecule has 1 aliphatic carbocycles. The second-order valence-corrected chi connectivity index (χ2v) is 10.4. The molecule has 4 rings (SSSR count). The Balaban J connectivity index is 1.27. The predicted octanol–water partition coefficient (Wildman–Crippen LogP) is 5.16. The molecule has 2 heterocycles. The third-order valence-corrected chi connectivity index (χ3v) is 6.50. The summed E-state index contributed by atoms with van der Waals surface area (Å²) in [6.07, 6.45) is 4.70. The summed E-state index contributed by atoms with van der Waals surface area (Å²) in [7, 11) is 0. The van der Waals surface area contributed by atoms with Gasteiger partial charge in [-0.2, -0.15) is 4.98 Å². The number of oxazole rings is 1. The molecule has 182 valence electrons. The summed E-state index contributed by atoms with van der Waals surface area (Å²) in [6, 6.07) is 6.27. The van der Waals surface area contributed by atoms with E-state index in [4.69, 9.17) is 13.9 Å². The second kappa shape index (κ2) is 9.79. The summed E-state index contributed by atoms with van der Waals surface area (Å²) in [5.41, 5.74) is 1.12. The van der Waals surface area contributed by atoms with Crippen LogP contribution in [0.25, 0.3) is 11.1 Å². The maximum atomic E-state index is 11.7. The van der Waals surface area contributed by atoms with Gasteiger partial charge in [-0.1, -0.05) is 12.8 Å². The van der Waals surface area contributed by atoms with E-state index < -0.39 is 11.6 Å². The monoisotopic (exact) mass is 459 g/mol. The molecular weight excluding hydrogens is 422 g/mol. The van der Waals surface area contributed by atoms with E-state index in [1.54, 1.807) is 0 Å². The van der Waals surface area contributed by atoms with Crippen LogP contribution in [0.5, 0.6) is 5.75 Å². The van der Waals surface area contributed by atoms with Crippen LogP contribution in [0.3, 0.4) is 0 Å². The fraction of sp³-hybridized carbons (Fsp3) is 0.680. The zero-order valence-corrected chi connectivity index (χ0v) is 20.2. The quantitative estimate of drug-likeness (QED) is 0.554. The number of nitrogens with zero attached hydrogens (tertiary/aromatic N) is 3. The molecule has 1 amide bonds. The molecule has 1 atom stereocenters. The number of ether oxygens (including phenoxy) is 2. The lowest BCUT2D eigenvalue weighted by atomic mass is 10.0. The van der Waals surface area contributed by atoms with Crippen LogP contribution in [-0.2, 0) is 4.74 Å². The lowest BCUT2D eigenvalue weighted by Gasteiger charge is -2.39. The lowest BCUT2D eigenvalue weighted by Crippen LogP contribution is -2.52. The van der Waals surface area contributed by atoms with E-state index in [9.17, 15) is 9.90 Å². The minimum atomic E-state index is -0.916. The number of benzene rings is 1. The highest BCUT2D eigenvalue weighted by Crippen LogP contribution is 2.33. The van der Waals surface area contributed by atoms with Crippen molar-refractivity contribution in [2.75, 3.05) is 31.2 Å². The van der Waals surface area contributed by atoms with Gasteiger partial charge in [-0.25, -0.2) is 4.79 Å². The van der Waals surface area contributed by atoms with Crippen molar-refractivity contribution in [2.45, 2.75) is 77.5 Å². The Morgan fingerprint density at radius 1 is 1.27 bits per heavy atom. The molecule has 1 saturated carbocycles. The average molecular weight is 460 g/mol. The van der Waals surface area contributed by atoms with Crippen LogP contribution in [0.4, 0.5) is 10.8 Å². The van der Waals surface area contributed by atoms with E-state index in [-0.39, 0.29) is 12.1 Å². The number of carboxylic acid groups (broad SMARTS) is 1. The first-order valence-electron chi connectivity index (χ1n) is 12.1. The topological polar surface area (TPSA) is 88.3 Å². The van der Waals surface area contributed by atoms with Gasteiger partial charge in [-0.15, -0.1) is 0 Å². The Morgan fingerprint density at radius 3 is 2.64 bits per heavy atom. The van der Waals surface area contributed by atoms with Gasteiger partial charge in [-0.05, 0) is 65.0 Å². The minimum Gasteiger partial charge on any atom is -0.493 e. The predicted molar refractivity (Wildman–Crippen MR) is 127 cm³/mol. The fourth-order valence-corrected chi connectivity index (χ4v) is 4.57. The summed E-state index contributed by atoms with van der Waals surface area (Å²) in [5.74, 6) is 1.69. The van der Waals surface area contributed by atoms with E-state index in [2.05, 4.69) is 9.88 Å². The Hall–Kier alpha value is -2.48. The van der Waals surface area contributed by atoms with Gasteiger partial charge in [-0.3, -0.25) is 4.90 Å². The van der Waals surface area contributed by atoms with Crippen LogP contribution in [0, 0.1) is 5.92 Å². The molecule has 2 fully saturated rings. The van der Waals surface area contributed by atoms with Crippen LogP contribution < -0.4 is 9.64 Å². The highest BCUT2D eigenvalue weighted by molar-refractivity contribution is 5.76. The van der Waals surface area contributed by atoms with E-state index in [1.807, 2.05) is 45.9 Å². The Labute approximate surface area is 195 Å². The Morgan fingerprint density at radius 2 is 2.00 bits per heavy atom. The standard InChI is InChI=1S/C25H37N3O5/c1-17(28(24(29)30)25(2,3)4)16-32-19-9-12-27(13-10-19)23-26-21-8-7-20(15-22(21)33-23)31-14-11-18-5-6-18/h7-8,15,17-19H,5-6,9-14,16H2,1-4H3,(H,29,30)/t17-/m0/s1. The minimum absolute atomic E-state index is 0.107. The molecule has 1 saturated heterocycles. The summed E-state index contributed by atoms with van der Waals surface area (Å²) in [5, 5.41) is 9.56. The van der Waals surface area contributed by atoms with Crippen molar-refractivity contribution in [1.29, 1.82) is 0 Å². The zero-order valence-electron chi connectivity index (χ0n) is 20.2. The number of carbonyl (C=O) groups is 1. The van der Waals surface area contributed by atoms with Gasteiger partial charge >= 0.3 is 6.09 Å². The normalized spacial score (nSPS) is 18.5. The molecule has 1 aromatic heterocycles. The molecule has 1 aliphatic heterocycles. The van der Waals surface area contributed by atoms with Crippen molar-refractivity contribution in [3.63, 3.8) is 0 Å². The number of piperidine rings is 1. The van der Waals surface area contributed by atoms with E-state index >= 15 is 0 Å². The van der Waals surface area contributed by atoms with Crippen LogP contribution in [-0.4, -0.2) is 65.1 Å². The van der Waals surface area contributed by atoms with Gasteiger partial charge in [0, 0.05) is 24.7 Å². The molecule has 33 heavy (non-hydrogen) atoms. The number of rotatable bonds is 9. The van der Waals surface area contributed by atoms with Gasteiger partial charge in [0.1, 0.15) is 11.3 Å². The van der Waals surface area contributed by atoms with E-state index in [0.717, 1.165) is 61.7 Å². The summed E-state index contributed by atoms with van der Waals surface area (Å²) >= 11 is 0. The van der Waals surface area contributed by atoms with Crippen molar-refractivity contribution >= 4 is 23.2 Å². The first kappa shape index (κ1) is 23.7. The molecule has 2 aromatic rings.